The molecule has 0 unspecified atom stereocenters. The van der Waals surface area contributed by atoms with Crippen molar-refractivity contribution >= 4 is 6.03 Å². The van der Waals surface area contributed by atoms with Crippen LogP contribution < -0.4 is 10.6 Å². The fourth-order valence-electron chi connectivity index (χ4n) is 3.92. The van der Waals surface area contributed by atoms with E-state index >= 15 is 0 Å². The Balaban J connectivity index is 1.40. The van der Waals surface area contributed by atoms with Gasteiger partial charge in [-0.2, -0.15) is 0 Å². The summed E-state index contributed by atoms with van der Waals surface area (Å²) in [5.41, 5.74) is 2.16. The van der Waals surface area contributed by atoms with Crippen LogP contribution in [0.15, 0.2) is 24.3 Å². The molecule has 2 amide bonds. The predicted molar refractivity (Wildman–Crippen MR) is 94.9 cm³/mol. The number of nitrogens with one attached hydrogen (secondary N) is 2. The van der Waals surface area contributed by atoms with Crippen molar-refractivity contribution in [2.75, 3.05) is 26.2 Å². The van der Waals surface area contributed by atoms with E-state index in [1.165, 1.54) is 25.9 Å². The first-order valence-electron chi connectivity index (χ1n) is 9.20. The molecule has 1 aliphatic heterocycles. The van der Waals surface area contributed by atoms with Crippen molar-refractivity contribution in [3.8, 4) is 0 Å². The van der Waals surface area contributed by atoms with Crippen LogP contribution in [0, 0.1) is 5.92 Å². The summed E-state index contributed by atoms with van der Waals surface area (Å²) in [6, 6.07) is 7.44. The van der Waals surface area contributed by atoms with Crippen LogP contribution in [0.4, 0.5) is 4.79 Å². The zero-order chi connectivity index (χ0) is 16.9. The molecule has 2 atom stereocenters. The zero-order valence-corrected chi connectivity index (χ0v) is 14.5. The Morgan fingerprint density at radius 3 is 2.79 bits per heavy atom. The molecule has 2 aliphatic rings. The molecular weight excluding hydrogens is 302 g/mol. The van der Waals surface area contributed by atoms with Crippen molar-refractivity contribution in [1.29, 1.82) is 0 Å². The van der Waals surface area contributed by atoms with Crippen molar-refractivity contribution in [2.45, 2.75) is 44.8 Å². The summed E-state index contributed by atoms with van der Waals surface area (Å²) in [6.07, 6.45) is 3.57. The van der Waals surface area contributed by atoms with Crippen LogP contribution in [0.5, 0.6) is 0 Å². The molecule has 132 valence electrons. The van der Waals surface area contributed by atoms with E-state index in [2.05, 4.69) is 22.5 Å². The van der Waals surface area contributed by atoms with Gasteiger partial charge in [-0.05, 0) is 55.9 Å². The van der Waals surface area contributed by atoms with Gasteiger partial charge in [-0.1, -0.05) is 31.2 Å². The quantitative estimate of drug-likeness (QED) is 0.774. The molecule has 0 spiro atoms. The van der Waals surface area contributed by atoms with Gasteiger partial charge in [-0.25, -0.2) is 4.79 Å². The number of carbonyl (C=O) groups excluding carboxylic acids is 1. The van der Waals surface area contributed by atoms with Gasteiger partial charge in [0.1, 0.15) is 0 Å². The number of nitrogens with zero attached hydrogens (tertiary/aromatic N) is 1. The highest BCUT2D eigenvalue weighted by Crippen LogP contribution is 2.31. The number of amides is 2. The third-order valence-electron chi connectivity index (χ3n) is 5.48. The molecule has 1 saturated heterocycles. The van der Waals surface area contributed by atoms with Crippen LogP contribution >= 0.6 is 0 Å². The van der Waals surface area contributed by atoms with E-state index in [4.69, 9.17) is 0 Å². The Morgan fingerprint density at radius 1 is 1.29 bits per heavy atom. The number of aliphatic hydroxyl groups excluding tert-OH is 1. The molecule has 1 aromatic rings. The molecule has 3 rings (SSSR count). The summed E-state index contributed by atoms with van der Waals surface area (Å²) >= 11 is 0. The first kappa shape index (κ1) is 17.2. The summed E-state index contributed by atoms with van der Waals surface area (Å²) in [5, 5.41) is 16.1. The monoisotopic (exact) mass is 331 g/mol. The lowest BCUT2D eigenvalue weighted by molar-refractivity contribution is 0.142. The number of carbonyl (C=O) groups is 1. The molecule has 5 heteroatoms. The number of piperidine rings is 1. The maximum Gasteiger partial charge on any atom is 0.315 e. The second kappa shape index (κ2) is 7.99. The number of likely N-dealkylation sites (tertiary alicyclic amines) is 1. The molecule has 24 heavy (non-hydrogen) atoms. The van der Waals surface area contributed by atoms with Crippen molar-refractivity contribution in [3.63, 3.8) is 0 Å². The lowest BCUT2D eigenvalue weighted by Crippen LogP contribution is -2.42. The highest BCUT2D eigenvalue weighted by molar-refractivity contribution is 5.74. The Hall–Kier alpha value is -1.59. The number of hydrogen-bond acceptors (Lipinski definition) is 3. The van der Waals surface area contributed by atoms with Crippen LogP contribution in [-0.2, 0) is 6.42 Å². The fraction of sp³-hybridized carbons (Fsp3) is 0.632. The van der Waals surface area contributed by atoms with Gasteiger partial charge in [-0.3, -0.25) is 0 Å². The highest BCUT2D eigenvalue weighted by Gasteiger charge is 2.31. The molecular formula is C19H29N3O2. The molecule has 0 bridgehead atoms. The minimum absolute atomic E-state index is 0.179. The van der Waals surface area contributed by atoms with E-state index in [1.807, 2.05) is 24.3 Å². The average Bonchev–Trinajstić information content (AvgIpc) is 2.91. The van der Waals surface area contributed by atoms with Gasteiger partial charge < -0.3 is 20.6 Å². The standard InChI is InChI=1S/C19H29N3O2/c1-2-22-11-8-14(9-12-22)7-10-20-19(24)21-18-16-6-4-3-5-15(16)13-17(18)23/h3-6,14,17-18,23H,2,7-13H2,1H3,(H2,20,21,24)/t17-,18+/m0/s1. The number of fused-ring (bicyclic) bond motifs is 1. The Kier molecular flexibility index (Phi) is 5.74. The first-order valence-corrected chi connectivity index (χ1v) is 9.20. The molecule has 5 nitrogen and oxygen atoms in total. The summed E-state index contributed by atoms with van der Waals surface area (Å²) in [4.78, 5) is 14.6. The smallest absolute Gasteiger partial charge is 0.315 e. The van der Waals surface area contributed by atoms with Crippen molar-refractivity contribution < 1.29 is 9.90 Å². The minimum Gasteiger partial charge on any atom is -0.390 e. The topological polar surface area (TPSA) is 64.6 Å². The van der Waals surface area contributed by atoms with E-state index in [0.29, 0.717) is 18.9 Å². The van der Waals surface area contributed by atoms with Crippen molar-refractivity contribution in [2.24, 2.45) is 5.92 Å². The van der Waals surface area contributed by atoms with E-state index in [9.17, 15) is 9.90 Å². The van der Waals surface area contributed by atoms with Crippen LogP contribution in [0.1, 0.15) is 43.4 Å². The van der Waals surface area contributed by atoms with Gasteiger partial charge in [-0.15, -0.1) is 0 Å². The third kappa shape index (κ3) is 4.08. The number of aliphatic hydroxyl groups is 1. The van der Waals surface area contributed by atoms with Crippen LogP contribution in [0.25, 0.3) is 0 Å². The maximum atomic E-state index is 12.2. The number of benzene rings is 1. The minimum atomic E-state index is -0.536. The molecule has 0 radical (unpaired) electrons. The second-order valence-corrected chi connectivity index (χ2v) is 7.01. The van der Waals surface area contributed by atoms with E-state index in [1.54, 1.807) is 0 Å². The molecule has 1 aliphatic carbocycles. The van der Waals surface area contributed by atoms with E-state index < -0.39 is 6.10 Å². The van der Waals surface area contributed by atoms with E-state index in [-0.39, 0.29) is 12.1 Å². The molecule has 3 N–H and O–H groups in total. The summed E-state index contributed by atoms with van der Waals surface area (Å²) in [5.74, 6) is 0.714. The van der Waals surface area contributed by atoms with Crippen LogP contribution in [-0.4, -0.2) is 48.3 Å². The Bertz CT molecular complexity index is 555. The summed E-state index contributed by atoms with van der Waals surface area (Å²) < 4.78 is 0. The normalized spacial score (nSPS) is 24.6. The Morgan fingerprint density at radius 2 is 2.04 bits per heavy atom. The molecule has 1 heterocycles. The lowest BCUT2D eigenvalue weighted by Gasteiger charge is -2.31. The number of rotatable bonds is 5. The SMILES string of the molecule is CCN1CCC(CCNC(=O)N[C@@H]2c3ccccc3C[C@@H]2O)CC1. The zero-order valence-electron chi connectivity index (χ0n) is 14.5. The molecule has 1 fully saturated rings. The lowest BCUT2D eigenvalue weighted by atomic mass is 9.93. The molecule has 0 saturated carbocycles. The Labute approximate surface area is 144 Å². The average molecular weight is 331 g/mol. The second-order valence-electron chi connectivity index (χ2n) is 7.01. The number of urea groups is 1. The largest absolute Gasteiger partial charge is 0.390 e. The first-order chi connectivity index (χ1) is 11.7. The van der Waals surface area contributed by atoms with Gasteiger partial charge in [0.25, 0.3) is 0 Å². The van der Waals surface area contributed by atoms with Crippen molar-refractivity contribution in [3.05, 3.63) is 35.4 Å². The van der Waals surface area contributed by atoms with Crippen LogP contribution in [0.2, 0.25) is 0 Å². The number of hydrogen-bond donors (Lipinski definition) is 3. The van der Waals surface area contributed by atoms with Crippen LogP contribution in [0.3, 0.4) is 0 Å². The van der Waals surface area contributed by atoms with Gasteiger partial charge >= 0.3 is 6.03 Å². The molecule has 0 aromatic heterocycles. The third-order valence-corrected chi connectivity index (χ3v) is 5.48. The summed E-state index contributed by atoms with van der Waals surface area (Å²) in [7, 11) is 0. The summed E-state index contributed by atoms with van der Waals surface area (Å²) in [6.45, 7) is 6.41. The molecule has 1 aromatic carbocycles. The van der Waals surface area contributed by atoms with Crippen molar-refractivity contribution in [1.82, 2.24) is 15.5 Å². The van der Waals surface area contributed by atoms with Gasteiger partial charge in [0, 0.05) is 13.0 Å². The van der Waals surface area contributed by atoms with E-state index in [0.717, 1.165) is 24.1 Å². The predicted octanol–water partition coefficient (Wildman–Crippen LogP) is 2.07. The van der Waals surface area contributed by atoms with Gasteiger partial charge in [0.05, 0.1) is 12.1 Å². The maximum absolute atomic E-state index is 12.2. The highest BCUT2D eigenvalue weighted by atomic mass is 16.3. The van der Waals surface area contributed by atoms with Gasteiger partial charge in [0.15, 0.2) is 0 Å². The fourth-order valence-corrected chi connectivity index (χ4v) is 3.92. The van der Waals surface area contributed by atoms with Gasteiger partial charge in [0.2, 0.25) is 0 Å².